The normalized spacial score (nSPS) is 11.8. The summed E-state index contributed by atoms with van der Waals surface area (Å²) in [5.41, 5.74) is 6.16. The number of carbonyl (C=O) groups excluding carboxylic acids is 2. The second-order valence-corrected chi connectivity index (χ2v) is 4.33. The van der Waals surface area contributed by atoms with E-state index in [2.05, 4.69) is 10.6 Å². The molecule has 0 aliphatic rings. The van der Waals surface area contributed by atoms with Gasteiger partial charge in [0.1, 0.15) is 0 Å². The molecule has 18 heavy (non-hydrogen) atoms. The fourth-order valence-corrected chi connectivity index (χ4v) is 1.48. The van der Waals surface area contributed by atoms with Gasteiger partial charge in [0, 0.05) is 24.5 Å². The second-order valence-electron chi connectivity index (χ2n) is 3.90. The molecule has 0 saturated heterocycles. The van der Waals surface area contributed by atoms with E-state index in [1.165, 1.54) is 13.1 Å². The van der Waals surface area contributed by atoms with Gasteiger partial charge in [-0.1, -0.05) is 18.5 Å². The predicted molar refractivity (Wildman–Crippen MR) is 71.7 cm³/mol. The van der Waals surface area contributed by atoms with Crippen molar-refractivity contribution in [1.29, 1.82) is 0 Å². The lowest BCUT2D eigenvalue weighted by Gasteiger charge is -2.13. The third-order valence-electron chi connectivity index (χ3n) is 2.51. The van der Waals surface area contributed by atoms with E-state index in [0.717, 1.165) is 0 Å². The van der Waals surface area contributed by atoms with E-state index >= 15 is 0 Å². The highest BCUT2D eigenvalue weighted by molar-refractivity contribution is 6.31. The van der Waals surface area contributed by atoms with Gasteiger partial charge in [0.2, 0.25) is 5.91 Å². The Morgan fingerprint density at radius 1 is 1.44 bits per heavy atom. The van der Waals surface area contributed by atoms with Crippen LogP contribution in [0.15, 0.2) is 18.2 Å². The van der Waals surface area contributed by atoms with Crippen molar-refractivity contribution in [3.8, 4) is 0 Å². The van der Waals surface area contributed by atoms with E-state index in [4.69, 9.17) is 17.3 Å². The zero-order valence-electron chi connectivity index (χ0n) is 10.3. The van der Waals surface area contributed by atoms with Crippen LogP contribution in [-0.2, 0) is 4.79 Å². The molecular formula is C12H16ClN3O2. The minimum Gasteiger partial charge on any atom is -0.355 e. The Kier molecular flexibility index (Phi) is 5.12. The van der Waals surface area contributed by atoms with E-state index < -0.39 is 0 Å². The van der Waals surface area contributed by atoms with Crippen molar-refractivity contribution >= 4 is 29.1 Å². The first-order chi connectivity index (χ1) is 8.49. The molecule has 98 valence electrons. The third kappa shape index (κ3) is 3.45. The minimum absolute atomic E-state index is 0.232. The molecule has 0 radical (unpaired) electrons. The lowest BCUT2D eigenvalue weighted by Crippen LogP contribution is -2.28. The van der Waals surface area contributed by atoms with Crippen molar-refractivity contribution in [2.45, 2.75) is 6.92 Å². The molecule has 1 unspecified atom stereocenters. The van der Waals surface area contributed by atoms with Gasteiger partial charge in [-0.2, -0.15) is 0 Å². The Labute approximate surface area is 111 Å². The Bertz CT molecular complexity index is 463. The molecule has 0 heterocycles. The summed E-state index contributed by atoms with van der Waals surface area (Å²) in [6, 6.07) is 4.70. The van der Waals surface area contributed by atoms with Crippen molar-refractivity contribution in [2.75, 3.05) is 18.9 Å². The smallest absolute Gasteiger partial charge is 0.253 e. The largest absolute Gasteiger partial charge is 0.355 e. The maximum atomic E-state index is 11.7. The van der Waals surface area contributed by atoms with E-state index in [-0.39, 0.29) is 24.3 Å². The second kappa shape index (κ2) is 6.37. The molecule has 6 heteroatoms. The average Bonchev–Trinajstić information content (AvgIpc) is 2.38. The highest BCUT2D eigenvalue weighted by Gasteiger charge is 2.16. The van der Waals surface area contributed by atoms with Crippen molar-refractivity contribution in [3.05, 3.63) is 28.8 Å². The molecule has 0 spiro atoms. The van der Waals surface area contributed by atoms with Crippen LogP contribution in [0.5, 0.6) is 0 Å². The van der Waals surface area contributed by atoms with Crippen molar-refractivity contribution in [3.63, 3.8) is 0 Å². The summed E-state index contributed by atoms with van der Waals surface area (Å²) in [4.78, 5) is 23.4. The van der Waals surface area contributed by atoms with E-state index in [1.54, 1.807) is 19.1 Å². The van der Waals surface area contributed by atoms with Crippen molar-refractivity contribution < 1.29 is 9.59 Å². The third-order valence-corrected chi connectivity index (χ3v) is 2.75. The van der Waals surface area contributed by atoms with Gasteiger partial charge in [-0.3, -0.25) is 9.59 Å². The molecular weight excluding hydrogens is 254 g/mol. The monoisotopic (exact) mass is 269 g/mol. The highest BCUT2D eigenvalue weighted by atomic mass is 35.5. The molecule has 1 aromatic rings. The number of anilines is 1. The minimum atomic E-state index is -0.321. The predicted octanol–water partition coefficient (Wildman–Crippen LogP) is 1.23. The number of hydrogen-bond acceptors (Lipinski definition) is 3. The number of nitrogens with one attached hydrogen (secondary N) is 2. The molecule has 1 rings (SSSR count). The number of amides is 2. The van der Waals surface area contributed by atoms with Crippen LogP contribution in [0.3, 0.4) is 0 Å². The molecule has 0 bridgehead atoms. The SMILES string of the molecule is CNC(=O)c1cc(Cl)ccc1NC(=O)C(C)CN. The molecule has 0 saturated carbocycles. The maximum Gasteiger partial charge on any atom is 0.253 e. The standard InChI is InChI=1S/C12H16ClN3O2/c1-7(6-14)11(17)16-10-4-3-8(13)5-9(10)12(18)15-2/h3-5,7H,6,14H2,1-2H3,(H,15,18)(H,16,17). The summed E-state index contributed by atoms with van der Waals surface area (Å²) in [6.45, 7) is 1.96. The zero-order valence-corrected chi connectivity index (χ0v) is 11.0. The van der Waals surface area contributed by atoms with E-state index in [9.17, 15) is 9.59 Å². The Morgan fingerprint density at radius 2 is 2.11 bits per heavy atom. The summed E-state index contributed by atoms with van der Waals surface area (Å²) in [7, 11) is 1.51. The Morgan fingerprint density at radius 3 is 2.67 bits per heavy atom. The van der Waals surface area contributed by atoms with Crippen LogP contribution in [0.4, 0.5) is 5.69 Å². The summed E-state index contributed by atoms with van der Waals surface area (Å²) in [6.07, 6.45) is 0. The zero-order chi connectivity index (χ0) is 13.7. The molecule has 5 nitrogen and oxygen atoms in total. The van der Waals surface area contributed by atoms with Gasteiger partial charge in [0.25, 0.3) is 5.91 Å². The van der Waals surface area contributed by atoms with Gasteiger partial charge in [-0.05, 0) is 18.2 Å². The summed E-state index contributed by atoms with van der Waals surface area (Å²) >= 11 is 5.83. The molecule has 1 atom stereocenters. The van der Waals surface area contributed by atoms with E-state index in [0.29, 0.717) is 16.3 Å². The quantitative estimate of drug-likeness (QED) is 0.769. The van der Waals surface area contributed by atoms with Gasteiger partial charge >= 0.3 is 0 Å². The van der Waals surface area contributed by atoms with Crippen LogP contribution >= 0.6 is 11.6 Å². The Hall–Kier alpha value is -1.59. The van der Waals surface area contributed by atoms with Gasteiger partial charge in [0.15, 0.2) is 0 Å². The van der Waals surface area contributed by atoms with Crippen molar-refractivity contribution in [1.82, 2.24) is 5.32 Å². The molecule has 0 aliphatic heterocycles. The van der Waals surface area contributed by atoms with Gasteiger partial charge < -0.3 is 16.4 Å². The summed E-state index contributed by atoms with van der Waals surface area (Å²) in [5, 5.41) is 5.59. The van der Waals surface area contributed by atoms with Gasteiger partial charge in [0.05, 0.1) is 11.3 Å². The van der Waals surface area contributed by atoms with Crippen LogP contribution in [0.2, 0.25) is 5.02 Å². The van der Waals surface area contributed by atoms with Crippen LogP contribution < -0.4 is 16.4 Å². The number of halogens is 1. The lowest BCUT2D eigenvalue weighted by atomic mass is 10.1. The topological polar surface area (TPSA) is 84.2 Å². The van der Waals surface area contributed by atoms with Crippen LogP contribution in [0, 0.1) is 5.92 Å². The fraction of sp³-hybridized carbons (Fsp3) is 0.333. The first kappa shape index (κ1) is 14.5. The Balaban J connectivity index is 3.01. The number of benzene rings is 1. The first-order valence-corrected chi connectivity index (χ1v) is 5.90. The lowest BCUT2D eigenvalue weighted by molar-refractivity contribution is -0.119. The number of rotatable bonds is 4. The molecule has 0 aromatic heterocycles. The fourth-order valence-electron chi connectivity index (χ4n) is 1.31. The maximum absolute atomic E-state index is 11.7. The highest BCUT2D eigenvalue weighted by Crippen LogP contribution is 2.21. The van der Waals surface area contributed by atoms with Crippen LogP contribution in [0.25, 0.3) is 0 Å². The van der Waals surface area contributed by atoms with Crippen molar-refractivity contribution in [2.24, 2.45) is 11.7 Å². The summed E-state index contributed by atoms with van der Waals surface area (Å²) in [5.74, 6) is -0.864. The van der Waals surface area contributed by atoms with Crippen LogP contribution in [0.1, 0.15) is 17.3 Å². The molecule has 0 fully saturated rings. The molecule has 1 aromatic carbocycles. The number of hydrogen-bond donors (Lipinski definition) is 3. The van der Waals surface area contributed by atoms with Gasteiger partial charge in [-0.25, -0.2) is 0 Å². The first-order valence-electron chi connectivity index (χ1n) is 5.52. The number of nitrogens with two attached hydrogens (primary N) is 1. The van der Waals surface area contributed by atoms with Gasteiger partial charge in [-0.15, -0.1) is 0 Å². The van der Waals surface area contributed by atoms with E-state index in [1.807, 2.05) is 0 Å². The average molecular weight is 270 g/mol. The van der Waals surface area contributed by atoms with Crippen LogP contribution in [-0.4, -0.2) is 25.4 Å². The molecule has 2 amide bonds. The number of carbonyl (C=O) groups is 2. The molecule has 0 aliphatic carbocycles. The summed E-state index contributed by atoms with van der Waals surface area (Å²) < 4.78 is 0. The molecule has 4 N–H and O–H groups in total.